The van der Waals surface area contributed by atoms with Crippen molar-refractivity contribution in [3.8, 4) is 11.1 Å². The Bertz CT molecular complexity index is 1510. The van der Waals surface area contributed by atoms with Crippen LogP contribution in [-0.2, 0) is 32.7 Å². The molecule has 1 aromatic carbocycles. The first-order valence-electron chi connectivity index (χ1n) is 11.3. The maximum absolute atomic E-state index is 13.9. The number of nitrogens with zero attached hydrogens (tertiary/aromatic N) is 5. The summed E-state index contributed by atoms with van der Waals surface area (Å²) in [5.41, 5.74) is 2.37. The topological polar surface area (TPSA) is 92.9 Å². The lowest BCUT2D eigenvalue weighted by Gasteiger charge is -2.30. The van der Waals surface area contributed by atoms with Crippen molar-refractivity contribution in [2.75, 3.05) is 6.54 Å². The maximum Gasteiger partial charge on any atom is 0.435 e. The molecule has 8 nitrogen and oxygen atoms in total. The highest BCUT2D eigenvalue weighted by Crippen LogP contribution is 2.40. The second kappa shape index (κ2) is 8.81. The molecule has 0 radical (unpaired) electrons. The first-order chi connectivity index (χ1) is 17.1. The number of carbonyl (C=O) groups excluding carboxylic acids is 1. The number of nitrogens with one attached hydrogen (secondary N) is 1. The summed E-state index contributed by atoms with van der Waals surface area (Å²) in [6.45, 7) is 2.75. The molecule has 0 spiro atoms. The molecule has 1 N–H and O–H groups in total. The van der Waals surface area contributed by atoms with Crippen LogP contribution in [0.3, 0.4) is 0 Å². The number of hydrogen-bond acceptors (Lipinski definition) is 5. The average Bonchev–Trinajstić information content (AvgIpc) is 3.41. The van der Waals surface area contributed by atoms with E-state index in [0.29, 0.717) is 41.8 Å². The first-order valence-corrected chi connectivity index (χ1v) is 11.3. The van der Waals surface area contributed by atoms with Gasteiger partial charge in [0.25, 0.3) is 11.6 Å². The fourth-order valence-electron chi connectivity index (χ4n) is 4.59. The molecule has 1 amide bonds. The number of rotatable bonds is 5. The standard InChI is InChI=1S/C25H23F3N6O2/c1-15-3-5-30-17(9-15)13-33-6-4-18-19(21-14-32(2)31-22(21)25(26,27)28)10-16(11-20(18)23(33)35)12-34-7-8-36-24(34)29/h3,5,7-11,14,29H,4,6,12-13H2,1-2H3. The number of oxazole rings is 1. The maximum atomic E-state index is 13.9. The molecule has 4 heterocycles. The van der Waals surface area contributed by atoms with Gasteiger partial charge in [-0.05, 0) is 59.9 Å². The van der Waals surface area contributed by atoms with Crippen LogP contribution in [-0.4, -0.2) is 36.7 Å². The van der Waals surface area contributed by atoms with Crippen molar-refractivity contribution in [2.24, 2.45) is 7.05 Å². The second-order valence-corrected chi connectivity index (χ2v) is 8.87. The summed E-state index contributed by atoms with van der Waals surface area (Å²) < 4.78 is 49.2. The predicted molar refractivity (Wildman–Crippen MR) is 123 cm³/mol. The Kier molecular flexibility index (Phi) is 5.77. The molecule has 0 aliphatic carbocycles. The molecule has 0 bridgehead atoms. The van der Waals surface area contributed by atoms with Gasteiger partial charge in [0.15, 0.2) is 5.69 Å². The Morgan fingerprint density at radius 2 is 1.92 bits per heavy atom. The van der Waals surface area contributed by atoms with Crippen LogP contribution in [0.1, 0.15) is 38.4 Å². The summed E-state index contributed by atoms with van der Waals surface area (Å²) in [6, 6.07) is 7.12. The zero-order chi connectivity index (χ0) is 25.6. The van der Waals surface area contributed by atoms with E-state index in [1.807, 2.05) is 19.1 Å². The quantitative estimate of drug-likeness (QED) is 0.453. The number of hydrogen-bond donors (Lipinski definition) is 1. The summed E-state index contributed by atoms with van der Waals surface area (Å²) in [6.07, 6.45) is 1.66. The molecule has 4 aromatic rings. The van der Waals surface area contributed by atoms with Crippen LogP contribution < -0.4 is 5.68 Å². The molecule has 0 saturated heterocycles. The van der Waals surface area contributed by atoms with Gasteiger partial charge in [0.2, 0.25) is 0 Å². The minimum Gasteiger partial charge on any atom is -0.432 e. The predicted octanol–water partition coefficient (Wildman–Crippen LogP) is 3.93. The van der Waals surface area contributed by atoms with Crippen molar-refractivity contribution < 1.29 is 22.4 Å². The molecule has 186 valence electrons. The van der Waals surface area contributed by atoms with E-state index in [2.05, 4.69) is 10.1 Å². The lowest BCUT2D eigenvalue weighted by Crippen LogP contribution is -2.37. The third-order valence-corrected chi connectivity index (χ3v) is 6.21. The number of amides is 1. The fourth-order valence-corrected chi connectivity index (χ4v) is 4.59. The van der Waals surface area contributed by atoms with Crippen LogP contribution in [0.25, 0.3) is 11.1 Å². The monoisotopic (exact) mass is 496 g/mol. The SMILES string of the molecule is Cc1ccnc(CN2CCc3c(cc(Cn4ccoc4=N)cc3-c3cn(C)nc3C(F)(F)F)C2=O)c1. The van der Waals surface area contributed by atoms with Crippen molar-refractivity contribution >= 4 is 5.91 Å². The minimum atomic E-state index is -4.66. The molecule has 0 atom stereocenters. The fraction of sp³-hybridized carbons (Fsp3) is 0.280. The third kappa shape index (κ3) is 4.43. The van der Waals surface area contributed by atoms with Crippen molar-refractivity contribution in [3.63, 3.8) is 0 Å². The number of halogens is 3. The second-order valence-electron chi connectivity index (χ2n) is 8.87. The first kappa shape index (κ1) is 23.6. The van der Waals surface area contributed by atoms with Crippen molar-refractivity contribution in [3.05, 3.63) is 88.4 Å². The number of alkyl halides is 3. The molecular formula is C25H23F3N6O2. The normalized spacial score (nSPS) is 13.8. The van der Waals surface area contributed by atoms with Crippen LogP contribution in [0.5, 0.6) is 0 Å². The van der Waals surface area contributed by atoms with Gasteiger partial charge >= 0.3 is 6.18 Å². The molecule has 1 aliphatic heterocycles. The van der Waals surface area contributed by atoms with Gasteiger partial charge in [0, 0.05) is 43.3 Å². The van der Waals surface area contributed by atoms with Gasteiger partial charge in [-0.3, -0.25) is 24.4 Å². The van der Waals surface area contributed by atoms with E-state index in [1.54, 1.807) is 29.4 Å². The van der Waals surface area contributed by atoms with Crippen LogP contribution in [0.4, 0.5) is 13.2 Å². The Morgan fingerprint density at radius 3 is 2.61 bits per heavy atom. The van der Waals surface area contributed by atoms with E-state index in [0.717, 1.165) is 15.9 Å². The molecule has 0 fully saturated rings. The highest BCUT2D eigenvalue weighted by atomic mass is 19.4. The van der Waals surface area contributed by atoms with Crippen LogP contribution >= 0.6 is 0 Å². The van der Waals surface area contributed by atoms with E-state index in [4.69, 9.17) is 9.83 Å². The van der Waals surface area contributed by atoms with E-state index in [9.17, 15) is 18.0 Å². The average molecular weight is 496 g/mol. The number of pyridine rings is 1. The lowest BCUT2D eigenvalue weighted by molar-refractivity contribution is -0.140. The van der Waals surface area contributed by atoms with E-state index in [1.165, 1.54) is 24.1 Å². The highest BCUT2D eigenvalue weighted by molar-refractivity contribution is 5.99. The summed E-state index contributed by atoms with van der Waals surface area (Å²) in [5.74, 6) is -0.275. The van der Waals surface area contributed by atoms with Crippen LogP contribution in [0.15, 0.2) is 53.5 Å². The molecule has 11 heteroatoms. The van der Waals surface area contributed by atoms with Gasteiger partial charge < -0.3 is 9.32 Å². The summed E-state index contributed by atoms with van der Waals surface area (Å²) >= 11 is 0. The Hall–Kier alpha value is -4.15. The van der Waals surface area contributed by atoms with Crippen molar-refractivity contribution in [2.45, 2.75) is 32.6 Å². The van der Waals surface area contributed by atoms with Gasteiger partial charge in [-0.1, -0.05) is 0 Å². The number of carbonyl (C=O) groups is 1. The van der Waals surface area contributed by atoms with Gasteiger partial charge in [0.05, 0.1) is 18.8 Å². The Morgan fingerprint density at radius 1 is 1.14 bits per heavy atom. The zero-order valence-corrected chi connectivity index (χ0v) is 19.6. The summed E-state index contributed by atoms with van der Waals surface area (Å²) in [7, 11) is 1.43. The molecule has 0 unspecified atom stereocenters. The van der Waals surface area contributed by atoms with Crippen LogP contribution in [0, 0.1) is 12.3 Å². The number of aryl methyl sites for hydroxylation is 2. The highest BCUT2D eigenvalue weighted by Gasteiger charge is 2.39. The summed E-state index contributed by atoms with van der Waals surface area (Å²) in [4.78, 5) is 19.6. The largest absolute Gasteiger partial charge is 0.435 e. The van der Waals surface area contributed by atoms with Crippen molar-refractivity contribution in [1.82, 2.24) is 24.2 Å². The third-order valence-electron chi connectivity index (χ3n) is 6.21. The van der Waals surface area contributed by atoms with Gasteiger partial charge in [-0.15, -0.1) is 0 Å². The van der Waals surface area contributed by atoms with Gasteiger partial charge in [0.1, 0.15) is 6.26 Å². The number of fused-ring (bicyclic) bond motifs is 1. The molecule has 3 aromatic heterocycles. The number of benzene rings is 1. The Labute approximate surface area is 204 Å². The van der Waals surface area contributed by atoms with E-state index < -0.39 is 11.9 Å². The molecule has 36 heavy (non-hydrogen) atoms. The molecule has 0 saturated carbocycles. The van der Waals surface area contributed by atoms with Crippen molar-refractivity contribution in [1.29, 1.82) is 5.41 Å². The van der Waals surface area contributed by atoms with Gasteiger partial charge in [-0.2, -0.15) is 18.3 Å². The molecular weight excluding hydrogens is 473 g/mol. The minimum absolute atomic E-state index is 0.0759. The van der Waals surface area contributed by atoms with E-state index >= 15 is 0 Å². The summed E-state index contributed by atoms with van der Waals surface area (Å²) in [5, 5.41) is 11.6. The van der Waals surface area contributed by atoms with Crippen LogP contribution in [0.2, 0.25) is 0 Å². The zero-order valence-electron chi connectivity index (χ0n) is 19.6. The molecule has 5 rings (SSSR count). The smallest absolute Gasteiger partial charge is 0.432 e. The number of aromatic nitrogens is 4. The lowest BCUT2D eigenvalue weighted by atomic mass is 9.88. The van der Waals surface area contributed by atoms with Gasteiger partial charge in [-0.25, -0.2) is 0 Å². The van der Waals surface area contributed by atoms with E-state index in [-0.39, 0.29) is 23.7 Å². The molecule has 1 aliphatic rings. The Balaban J connectivity index is 1.62.